The Bertz CT molecular complexity index is 1180. The number of hydrogen-bond acceptors (Lipinski definition) is 9. The zero-order chi connectivity index (χ0) is 22.8. The minimum absolute atomic E-state index is 0.00196. The van der Waals surface area contributed by atoms with Gasteiger partial charge >= 0.3 is 5.69 Å². The Hall–Kier alpha value is -4.06. The number of thioether (sulfide) groups is 1. The molecule has 2 aromatic rings. The summed E-state index contributed by atoms with van der Waals surface area (Å²) < 4.78 is 10.9. The van der Waals surface area contributed by atoms with Crippen molar-refractivity contribution in [2.75, 3.05) is 25.1 Å². The van der Waals surface area contributed by atoms with Crippen LogP contribution in [-0.2, 0) is 9.59 Å². The number of nitro groups is 1. The van der Waals surface area contributed by atoms with Crippen LogP contribution in [0.1, 0.15) is 5.56 Å². The number of benzene rings is 2. The average molecular weight is 457 g/mol. The number of imide groups is 1. The number of ether oxygens (including phenoxy) is 2. The molecular formula is C20H15N3O8S. The molecule has 3 amide bonds. The molecule has 0 atom stereocenters. The second-order valence-electron chi connectivity index (χ2n) is 6.68. The lowest BCUT2D eigenvalue weighted by molar-refractivity contribution is -0.385. The van der Waals surface area contributed by atoms with Crippen LogP contribution in [0.4, 0.5) is 16.2 Å². The van der Waals surface area contributed by atoms with Crippen LogP contribution < -0.4 is 14.8 Å². The first kappa shape index (κ1) is 21.2. The standard InChI is InChI=1S/C20H15N3O8S/c24-14-3-1-11(7-13(14)23(28)29)8-17-19(26)22(20(27)32-17)10-18(25)21-12-2-4-15-16(9-12)31-6-5-30-15/h1-4,7-9,24H,5-6,10H2,(H,21,25)/b17-8+. The van der Waals surface area contributed by atoms with E-state index in [-0.39, 0.29) is 10.5 Å². The molecule has 1 saturated heterocycles. The van der Waals surface area contributed by atoms with Gasteiger partial charge in [0.15, 0.2) is 17.2 Å². The Balaban J connectivity index is 1.45. The molecule has 0 aromatic heterocycles. The van der Waals surface area contributed by atoms with Gasteiger partial charge in [-0.25, -0.2) is 0 Å². The van der Waals surface area contributed by atoms with Crippen LogP contribution in [0.25, 0.3) is 6.08 Å². The first-order chi connectivity index (χ1) is 15.3. The highest BCUT2D eigenvalue weighted by atomic mass is 32.2. The number of nitrogens with one attached hydrogen (secondary N) is 1. The summed E-state index contributed by atoms with van der Waals surface area (Å²) in [6.07, 6.45) is 1.29. The fourth-order valence-corrected chi connectivity index (χ4v) is 3.87. The second kappa shape index (κ2) is 8.59. The predicted molar refractivity (Wildman–Crippen MR) is 113 cm³/mol. The van der Waals surface area contributed by atoms with Crippen LogP contribution in [0, 0.1) is 10.1 Å². The lowest BCUT2D eigenvalue weighted by Crippen LogP contribution is -2.36. The highest BCUT2D eigenvalue weighted by molar-refractivity contribution is 8.18. The van der Waals surface area contributed by atoms with Crippen molar-refractivity contribution in [1.82, 2.24) is 4.90 Å². The number of carbonyl (C=O) groups excluding carboxylic acids is 3. The fourth-order valence-electron chi connectivity index (χ4n) is 3.03. The van der Waals surface area contributed by atoms with Gasteiger partial charge in [-0.2, -0.15) is 0 Å². The van der Waals surface area contributed by atoms with E-state index >= 15 is 0 Å². The van der Waals surface area contributed by atoms with Crippen molar-refractivity contribution in [3.63, 3.8) is 0 Å². The third-order valence-electron chi connectivity index (χ3n) is 4.50. The number of amides is 3. The van der Waals surface area contributed by atoms with Gasteiger partial charge in [-0.1, -0.05) is 6.07 Å². The molecule has 1 fully saturated rings. The largest absolute Gasteiger partial charge is 0.502 e. The van der Waals surface area contributed by atoms with Crippen LogP contribution in [0.2, 0.25) is 0 Å². The minimum Gasteiger partial charge on any atom is -0.502 e. The van der Waals surface area contributed by atoms with Gasteiger partial charge in [-0.3, -0.25) is 29.4 Å². The quantitative estimate of drug-likeness (QED) is 0.393. The van der Waals surface area contributed by atoms with Gasteiger partial charge in [0.05, 0.1) is 9.83 Å². The maximum atomic E-state index is 12.6. The van der Waals surface area contributed by atoms with Gasteiger partial charge in [-0.15, -0.1) is 0 Å². The average Bonchev–Trinajstić information content (AvgIpc) is 3.02. The molecule has 32 heavy (non-hydrogen) atoms. The number of phenols is 1. The summed E-state index contributed by atoms with van der Waals surface area (Å²) in [4.78, 5) is 48.2. The number of aromatic hydroxyl groups is 1. The summed E-state index contributed by atoms with van der Waals surface area (Å²) in [6, 6.07) is 8.40. The summed E-state index contributed by atoms with van der Waals surface area (Å²) in [6.45, 7) is 0.312. The van der Waals surface area contributed by atoms with Crippen molar-refractivity contribution in [1.29, 1.82) is 0 Å². The molecule has 12 heteroatoms. The molecule has 164 valence electrons. The number of hydrogen-bond donors (Lipinski definition) is 2. The van der Waals surface area contributed by atoms with Crippen molar-refractivity contribution in [2.45, 2.75) is 0 Å². The molecule has 0 bridgehead atoms. The van der Waals surface area contributed by atoms with Crippen LogP contribution >= 0.6 is 11.8 Å². The van der Waals surface area contributed by atoms with Crippen LogP contribution in [0.3, 0.4) is 0 Å². The summed E-state index contributed by atoms with van der Waals surface area (Å²) in [5.41, 5.74) is 0.135. The van der Waals surface area contributed by atoms with E-state index < -0.39 is 40.0 Å². The van der Waals surface area contributed by atoms with Gasteiger partial charge in [0.2, 0.25) is 5.91 Å². The molecular weight excluding hydrogens is 442 g/mol. The number of nitrogens with zero attached hydrogens (tertiary/aromatic N) is 2. The number of phenolic OH excluding ortho intramolecular Hbond substituents is 1. The van der Waals surface area contributed by atoms with Crippen LogP contribution in [0.5, 0.6) is 17.2 Å². The molecule has 0 saturated carbocycles. The predicted octanol–water partition coefficient (Wildman–Crippen LogP) is 2.75. The van der Waals surface area contributed by atoms with E-state index in [9.17, 15) is 29.6 Å². The van der Waals surface area contributed by atoms with Crippen LogP contribution in [0.15, 0.2) is 41.3 Å². The van der Waals surface area contributed by atoms with Gasteiger partial charge < -0.3 is 19.9 Å². The highest BCUT2D eigenvalue weighted by Gasteiger charge is 2.36. The van der Waals surface area contributed by atoms with E-state index in [2.05, 4.69) is 5.32 Å². The molecule has 2 aliphatic heterocycles. The van der Waals surface area contributed by atoms with E-state index in [1.807, 2.05) is 0 Å². The van der Waals surface area contributed by atoms with E-state index in [0.717, 1.165) is 17.0 Å². The van der Waals surface area contributed by atoms with Crippen molar-refractivity contribution in [3.05, 3.63) is 57.0 Å². The molecule has 2 N–H and O–H groups in total. The molecule has 0 radical (unpaired) electrons. The Morgan fingerprint density at radius 1 is 1.19 bits per heavy atom. The third kappa shape index (κ3) is 4.34. The Labute approximate surface area is 184 Å². The number of carbonyl (C=O) groups is 3. The van der Waals surface area contributed by atoms with E-state index in [0.29, 0.717) is 42.2 Å². The molecule has 4 rings (SSSR count). The molecule has 11 nitrogen and oxygen atoms in total. The Morgan fingerprint density at radius 2 is 1.94 bits per heavy atom. The normalized spacial score (nSPS) is 16.4. The third-order valence-corrected chi connectivity index (χ3v) is 5.40. The first-order valence-electron chi connectivity index (χ1n) is 9.24. The zero-order valence-electron chi connectivity index (χ0n) is 16.3. The van der Waals surface area contributed by atoms with E-state index in [4.69, 9.17) is 9.47 Å². The zero-order valence-corrected chi connectivity index (χ0v) is 17.1. The molecule has 2 aliphatic rings. The number of anilines is 1. The SMILES string of the molecule is O=C(CN1C(=O)S/C(=C/c2ccc(O)c([N+](=O)[O-])c2)C1=O)Nc1ccc2c(c1)OCCO2. The lowest BCUT2D eigenvalue weighted by Gasteiger charge is -2.19. The summed E-state index contributed by atoms with van der Waals surface area (Å²) in [5, 5.41) is 22.4. The number of fused-ring (bicyclic) bond motifs is 1. The number of nitro benzene ring substituents is 1. The maximum Gasteiger partial charge on any atom is 0.311 e. The highest BCUT2D eigenvalue weighted by Crippen LogP contribution is 2.35. The second-order valence-corrected chi connectivity index (χ2v) is 7.67. The Morgan fingerprint density at radius 3 is 2.69 bits per heavy atom. The molecule has 2 aromatic carbocycles. The van der Waals surface area contributed by atoms with Crippen molar-refractivity contribution >= 4 is 46.3 Å². The Kier molecular flexibility index (Phi) is 5.69. The smallest absolute Gasteiger partial charge is 0.311 e. The number of rotatable bonds is 5. The first-order valence-corrected chi connectivity index (χ1v) is 10.1. The van der Waals surface area contributed by atoms with Crippen molar-refractivity contribution in [2.24, 2.45) is 0 Å². The van der Waals surface area contributed by atoms with Gasteiger partial charge in [-0.05, 0) is 41.6 Å². The molecule has 2 heterocycles. The monoisotopic (exact) mass is 457 g/mol. The van der Waals surface area contributed by atoms with Gasteiger partial charge in [0.1, 0.15) is 19.8 Å². The summed E-state index contributed by atoms with van der Waals surface area (Å²) >= 11 is 0.612. The van der Waals surface area contributed by atoms with E-state index in [1.54, 1.807) is 18.2 Å². The maximum absolute atomic E-state index is 12.6. The minimum atomic E-state index is -0.763. The summed E-state index contributed by atoms with van der Waals surface area (Å²) in [7, 11) is 0. The molecule has 0 spiro atoms. The van der Waals surface area contributed by atoms with Gasteiger partial charge in [0.25, 0.3) is 11.1 Å². The fraction of sp³-hybridized carbons (Fsp3) is 0.150. The lowest BCUT2D eigenvalue weighted by atomic mass is 10.1. The molecule has 0 aliphatic carbocycles. The van der Waals surface area contributed by atoms with Gasteiger partial charge in [0, 0.05) is 17.8 Å². The van der Waals surface area contributed by atoms with E-state index in [1.165, 1.54) is 12.1 Å². The van der Waals surface area contributed by atoms with Crippen molar-refractivity contribution < 1.29 is 33.9 Å². The topological polar surface area (TPSA) is 148 Å². The van der Waals surface area contributed by atoms with Crippen LogP contribution in [-0.4, -0.2) is 51.7 Å². The molecule has 0 unspecified atom stereocenters. The van der Waals surface area contributed by atoms with Crippen molar-refractivity contribution in [3.8, 4) is 17.2 Å². The summed E-state index contributed by atoms with van der Waals surface area (Å²) in [5.74, 6) is -0.777.